The van der Waals surface area contributed by atoms with Crippen LogP contribution >= 0.6 is 11.8 Å². The first kappa shape index (κ1) is 20.7. The van der Waals surface area contributed by atoms with Gasteiger partial charge in [-0.05, 0) is 40.4 Å². The van der Waals surface area contributed by atoms with Crippen molar-refractivity contribution in [2.75, 3.05) is 0 Å². The van der Waals surface area contributed by atoms with Crippen molar-refractivity contribution in [3.8, 4) is 11.1 Å². The molecule has 5 heteroatoms. The summed E-state index contributed by atoms with van der Waals surface area (Å²) in [6.45, 7) is 0.179. The summed E-state index contributed by atoms with van der Waals surface area (Å²) in [6.07, 6.45) is 0.373. The van der Waals surface area contributed by atoms with E-state index >= 15 is 0 Å². The molecule has 0 saturated heterocycles. The second kappa shape index (κ2) is 10.5. The Balaban J connectivity index is 1.59. The van der Waals surface area contributed by atoms with Crippen molar-refractivity contribution in [2.24, 2.45) is 0 Å². The number of ether oxygens (including phenoxy) is 1. The van der Waals surface area contributed by atoms with Gasteiger partial charge in [0.1, 0.15) is 6.61 Å². The number of hydrogen-bond donors (Lipinski definition) is 1. The first-order valence-electron chi connectivity index (χ1n) is 9.33. The standard InChI is InChI=1S/C24H22O4S/c25-23(26)16-22(29-24(27)28-17-19-7-3-1-4-8-19)15-18-11-13-21(14-12-18)20-9-5-2-6-10-20/h1-14,22H,15-17H2,(H,25,26). The molecular weight excluding hydrogens is 384 g/mol. The average Bonchev–Trinajstić information content (AvgIpc) is 2.74. The van der Waals surface area contributed by atoms with Crippen LogP contribution in [0.3, 0.4) is 0 Å². The van der Waals surface area contributed by atoms with Gasteiger partial charge in [-0.2, -0.15) is 0 Å². The van der Waals surface area contributed by atoms with Gasteiger partial charge in [0.15, 0.2) is 0 Å². The van der Waals surface area contributed by atoms with Crippen molar-refractivity contribution in [1.29, 1.82) is 0 Å². The molecule has 0 amide bonds. The lowest BCUT2D eigenvalue weighted by atomic mass is 10.0. The third-order valence-electron chi connectivity index (χ3n) is 4.39. The molecule has 4 nitrogen and oxygen atoms in total. The van der Waals surface area contributed by atoms with Gasteiger partial charge in [0, 0.05) is 5.25 Å². The fraction of sp³-hybridized carbons (Fsp3) is 0.167. The number of benzene rings is 3. The third kappa shape index (κ3) is 6.80. The van der Waals surface area contributed by atoms with Gasteiger partial charge in [-0.3, -0.25) is 4.79 Å². The van der Waals surface area contributed by atoms with Crippen LogP contribution in [-0.4, -0.2) is 21.6 Å². The van der Waals surface area contributed by atoms with Crippen LogP contribution in [0.25, 0.3) is 11.1 Å². The first-order valence-corrected chi connectivity index (χ1v) is 10.2. The zero-order valence-corrected chi connectivity index (χ0v) is 16.7. The lowest BCUT2D eigenvalue weighted by Gasteiger charge is -2.14. The molecule has 1 atom stereocenters. The van der Waals surface area contributed by atoms with Gasteiger partial charge in [-0.15, -0.1) is 0 Å². The second-order valence-electron chi connectivity index (χ2n) is 6.63. The zero-order chi connectivity index (χ0) is 20.5. The molecule has 1 N–H and O–H groups in total. The summed E-state index contributed by atoms with van der Waals surface area (Å²) < 4.78 is 5.29. The Bertz CT molecular complexity index is 924. The van der Waals surface area contributed by atoms with Crippen LogP contribution in [0.2, 0.25) is 0 Å². The fourth-order valence-corrected chi connectivity index (χ4v) is 3.86. The molecule has 0 spiro atoms. The summed E-state index contributed by atoms with van der Waals surface area (Å²) in [4.78, 5) is 23.4. The lowest BCUT2D eigenvalue weighted by Crippen LogP contribution is -2.16. The molecule has 0 saturated carbocycles. The van der Waals surface area contributed by atoms with Crippen LogP contribution in [0.5, 0.6) is 0 Å². The van der Waals surface area contributed by atoms with Crippen molar-refractivity contribution in [3.05, 3.63) is 96.1 Å². The monoisotopic (exact) mass is 406 g/mol. The SMILES string of the molecule is O=C(O)CC(Cc1ccc(-c2ccccc2)cc1)SC(=O)OCc1ccccc1. The van der Waals surface area contributed by atoms with Crippen LogP contribution in [0.1, 0.15) is 17.5 Å². The highest BCUT2D eigenvalue weighted by Gasteiger charge is 2.20. The second-order valence-corrected chi connectivity index (χ2v) is 7.86. The molecule has 0 aliphatic rings. The maximum atomic E-state index is 12.2. The van der Waals surface area contributed by atoms with Gasteiger partial charge in [0.25, 0.3) is 0 Å². The highest BCUT2D eigenvalue weighted by molar-refractivity contribution is 8.13. The Morgan fingerprint density at radius 1 is 0.793 bits per heavy atom. The normalized spacial score (nSPS) is 11.6. The Morgan fingerprint density at radius 3 is 2.00 bits per heavy atom. The molecule has 0 aliphatic heterocycles. The minimum absolute atomic E-state index is 0.106. The molecular formula is C24H22O4S. The van der Waals surface area contributed by atoms with Crippen LogP contribution in [0, 0.1) is 0 Å². The van der Waals surface area contributed by atoms with E-state index in [1.807, 2.05) is 84.9 Å². The molecule has 3 aromatic carbocycles. The summed E-state index contributed by atoms with van der Waals surface area (Å²) >= 11 is 0.946. The van der Waals surface area contributed by atoms with E-state index in [2.05, 4.69) is 0 Å². The van der Waals surface area contributed by atoms with Crippen molar-refractivity contribution < 1.29 is 19.4 Å². The molecule has 0 fully saturated rings. The quantitative estimate of drug-likeness (QED) is 0.478. The fourth-order valence-electron chi connectivity index (χ4n) is 2.96. The first-order chi connectivity index (χ1) is 14.1. The minimum Gasteiger partial charge on any atom is -0.481 e. The van der Waals surface area contributed by atoms with E-state index in [9.17, 15) is 14.7 Å². The summed E-state index contributed by atoms with van der Waals surface area (Å²) in [7, 11) is 0. The number of rotatable bonds is 8. The van der Waals surface area contributed by atoms with Gasteiger partial charge in [0.05, 0.1) is 6.42 Å². The zero-order valence-electron chi connectivity index (χ0n) is 15.9. The molecule has 0 aliphatic carbocycles. The molecule has 0 radical (unpaired) electrons. The van der Waals surface area contributed by atoms with Gasteiger partial charge >= 0.3 is 11.3 Å². The molecule has 29 heavy (non-hydrogen) atoms. The number of hydrogen-bond acceptors (Lipinski definition) is 4. The highest BCUT2D eigenvalue weighted by atomic mass is 32.2. The number of aliphatic carboxylic acids is 1. The Kier molecular flexibility index (Phi) is 7.47. The smallest absolute Gasteiger partial charge is 0.367 e. The molecule has 0 bridgehead atoms. The van der Waals surface area contributed by atoms with Crippen molar-refractivity contribution >= 4 is 23.0 Å². The number of carboxylic acid groups (broad SMARTS) is 1. The van der Waals surface area contributed by atoms with Crippen LogP contribution in [0.4, 0.5) is 4.79 Å². The van der Waals surface area contributed by atoms with E-state index in [4.69, 9.17) is 4.74 Å². The predicted octanol–water partition coefficient (Wildman–Crippen LogP) is 5.81. The Labute approximate surface area is 174 Å². The van der Waals surface area contributed by atoms with Gasteiger partial charge in [0.2, 0.25) is 0 Å². The maximum Gasteiger partial charge on any atom is 0.367 e. The lowest BCUT2D eigenvalue weighted by molar-refractivity contribution is -0.136. The number of carbonyl (C=O) groups is 2. The van der Waals surface area contributed by atoms with Crippen molar-refractivity contribution in [3.63, 3.8) is 0 Å². The van der Waals surface area contributed by atoms with E-state index < -0.39 is 16.5 Å². The number of carbonyl (C=O) groups excluding carboxylic acids is 1. The topological polar surface area (TPSA) is 63.6 Å². The molecule has 3 aromatic rings. The van der Waals surface area contributed by atoms with Crippen LogP contribution < -0.4 is 0 Å². The molecule has 3 rings (SSSR count). The summed E-state index contributed by atoms with van der Waals surface area (Å²) in [5.74, 6) is -0.931. The summed E-state index contributed by atoms with van der Waals surface area (Å²) in [5, 5.41) is 8.36. The predicted molar refractivity (Wildman–Crippen MR) is 116 cm³/mol. The number of thioether (sulfide) groups is 1. The van der Waals surface area contributed by atoms with E-state index in [0.29, 0.717) is 6.42 Å². The van der Waals surface area contributed by atoms with Crippen molar-refractivity contribution in [1.82, 2.24) is 0 Å². The summed E-state index contributed by atoms with van der Waals surface area (Å²) in [5.41, 5.74) is 4.10. The average molecular weight is 407 g/mol. The van der Waals surface area contributed by atoms with Crippen molar-refractivity contribution in [2.45, 2.75) is 24.7 Å². The van der Waals surface area contributed by atoms with E-state index in [1.54, 1.807) is 0 Å². The summed E-state index contributed by atoms with van der Waals surface area (Å²) in [6, 6.07) is 27.4. The van der Waals surface area contributed by atoms with E-state index in [0.717, 1.165) is 34.0 Å². The van der Waals surface area contributed by atoms with Gasteiger partial charge in [-0.1, -0.05) is 84.9 Å². The Morgan fingerprint density at radius 2 is 1.38 bits per heavy atom. The molecule has 148 valence electrons. The van der Waals surface area contributed by atoms with Gasteiger partial charge in [-0.25, -0.2) is 4.79 Å². The maximum absolute atomic E-state index is 12.2. The van der Waals surface area contributed by atoms with E-state index in [1.165, 1.54) is 0 Å². The molecule has 0 aromatic heterocycles. The highest BCUT2D eigenvalue weighted by Crippen LogP contribution is 2.25. The minimum atomic E-state index is -0.931. The van der Waals surface area contributed by atoms with Gasteiger partial charge < -0.3 is 9.84 Å². The number of carboxylic acids is 1. The Hall–Kier alpha value is -3.05. The van der Waals surface area contributed by atoms with Crippen LogP contribution in [-0.2, 0) is 22.6 Å². The van der Waals surface area contributed by atoms with Crippen LogP contribution in [0.15, 0.2) is 84.9 Å². The largest absolute Gasteiger partial charge is 0.481 e. The molecule has 0 heterocycles. The molecule has 1 unspecified atom stereocenters. The third-order valence-corrected chi connectivity index (χ3v) is 5.37. The van der Waals surface area contributed by atoms with E-state index in [-0.39, 0.29) is 13.0 Å².